The zero-order valence-corrected chi connectivity index (χ0v) is 18.2. The summed E-state index contributed by atoms with van der Waals surface area (Å²) in [5, 5.41) is 9.28. The van der Waals surface area contributed by atoms with Gasteiger partial charge in [0.05, 0.1) is 19.3 Å². The fourth-order valence-electron chi connectivity index (χ4n) is 3.06. The van der Waals surface area contributed by atoms with E-state index in [1.165, 1.54) is 0 Å². The van der Waals surface area contributed by atoms with E-state index in [9.17, 15) is 9.59 Å². The van der Waals surface area contributed by atoms with Crippen molar-refractivity contribution < 1.29 is 19.1 Å². The Morgan fingerprint density at radius 1 is 1.03 bits per heavy atom. The molecule has 162 valence electrons. The van der Waals surface area contributed by atoms with Gasteiger partial charge in [0.2, 0.25) is 0 Å². The van der Waals surface area contributed by atoms with Gasteiger partial charge >= 0.3 is 5.97 Å². The average Bonchev–Trinajstić information content (AvgIpc) is 3.52. The topological polar surface area (TPSA) is 82.5 Å². The normalized spacial score (nSPS) is 10.5. The summed E-state index contributed by atoms with van der Waals surface area (Å²) in [5.41, 5.74) is 2.26. The van der Waals surface area contributed by atoms with Crippen molar-refractivity contribution in [1.82, 2.24) is 15.1 Å². The maximum Gasteiger partial charge on any atom is 0.342 e. The van der Waals surface area contributed by atoms with Crippen LogP contribution in [0.1, 0.15) is 15.2 Å². The molecule has 0 radical (unpaired) electrons. The number of thiophene rings is 1. The predicted octanol–water partition coefficient (Wildman–Crippen LogP) is 4.08. The van der Waals surface area contributed by atoms with Gasteiger partial charge in [-0.25, -0.2) is 9.48 Å². The first kappa shape index (κ1) is 21.3. The molecule has 0 saturated carbocycles. The summed E-state index contributed by atoms with van der Waals surface area (Å²) in [6.45, 7) is 0.0276. The SMILES string of the molecule is COc1ccc(-c2nn(-c3ccccc3)cc2C(=O)OCC(=O)NCc2cccs2)cc1. The third-order valence-electron chi connectivity index (χ3n) is 4.69. The number of benzene rings is 2. The first-order chi connectivity index (χ1) is 15.6. The van der Waals surface area contributed by atoms with Crippen molar-refractivity contribution in [2.45, 2.75) is 6.54 Å². The largest absolute Gasteiger partial charge is 0.497 e. The van der Waals surface area contributed by atoms with Gasteiger partial charge in [-0.05, 0) is 47.8 Å². The molecule has 32 heavy (non-hydrogen) atoms. The van der Waals surface area contributed by atoms with Crippen LogP contribution in [-0.4, -0.2) is 35.4 Å². The molecule has 2 heterocycles. The number of methoxy groups -OCH3 is 1. The van der Waals surface area contributed by atoms with Crippen molar-refractivity contribution in [1.29, 1.82) is 0 Å². The van der Waals surface area contributed by atoms with Crippen molar-refractivity contribution >= 4 is 23.2 Å². The molecule has 0 unspecified atom stereocenters. The number of amides is 1. The van der Waals surface area contributed by atoms with Crippen LogP contribution in [0, 0.1) is 0 Å². The summed E-state index contributed by atoms with van der Waals surface area (Å²) in [6.07, 6.45) is 1.61. The number of aromatic nitrogens is 2. The molecule has 8 heteroatoms. The van der Waals surface area contributed by atoms with Crippen molar-refractivity contribution in [2.75, 3.05) is 13.7 Å². The number of ether oxygens (including phenoxy) is 2. The Morgan fingerprint density at radius 2 is 1.81 bits per heavy atom. The number of carbonyl (C=O) groups excluding carboxylic acids is 2. The number of nitrogens with zero attached hydrogens (tertiary/aromatic N) is 2. The number of hydrogen-bond donors (Lipinski definition) is 1. The van der Waals surface area contributed by atoms with Crippen molar-refractivity contribution in [3.8, 4) is 22.7 Å². The Labute approximate surface area is 189 Å². The summed E-state index contributed by atoms with van der Waals surface area (Å²) in [4.78, 5) is 26.0. The van der Waals surface area contributed by atoms with Gasteiger partial charge < -0.3 is 14.8 Å². The van der Waals surface area contributed by atoms with Crippen LogP contribution >= 0.6 is 11.3 Å². The molecular formula is C24H21N3O4S. The van der Waals surface area contributed by atoms with Crippen LogP contribution < -0.4 is 10.1 Å². The van der Waals surface area contributed by atoms with E-state index in [1.807, 2.05) is 60.0 Å². The molecule has 0 bridgehead atoms. The van der Waals surface area contributed by atoms with E-state index in [4.69, 9.17) is 9.47 Å². The molecule has 0 spiro atoms. The van der Waals surface area contributed by atoms with E-state index in [0.717, 1.165) is 16.1 Å². The lowest BCUT2D eigenvalue weighted by molar-refractivity contribution is -0.124. The molecule has 2 aromatic carbocycles. The molecule has 0 aliphatic rings. The highest BCUT2D eigenvalue weighted by molar-refractivity contribution is 7.09. The monoisotopic (exact) mass is 447 g/mol. The van der Waals surface area contributed by atoms with Crippen LogP contribution in [0.25, 0.3) is 16.9 Å². The molecule has 4 rings (SSSR count). The molecule has 1 amide bonds. The predicted molar refractivity (Wildman–Crippen MR) is 122 cm³/mol. The third-order valence-corrected chi connectivity index (χ3v) is 5.57. The van der Waals surface area contributed by atoms with E-state index in [-0.39, 0.29) is 18.1 Å². The molecule has 0 saturated heterocycles. The number of para-hydroxylation sites is 1. The molecule has 4 aromatic rings. The highest BCUT2D eigenvalue weighted by Gasteiger charge is 2.21. The van der Waals surface area contributed by atoms with Gasteiger partial charge in [0.1, 0.15) is 17.0 Å². The number of carbonyl (C=O) groups is 2. The second kappa shape index (κ2) is 9.93. The zero-order valence-electron chi connectivity index (χ0n) is 17.4. The van der Waals surface area contributed by atoms with Gasteiger partial charge in [0.25, 0.3) is 5.91 Å². The second-order valence-electron chi connectivity index (χ2n) is 6.83. The maximum absolute atomic E-state index is 12.9. The molecule has 0 fully saturated rings. The smallest absolute Gasteiger partial charge is 0.342 e. The first-order valence-electron chi connectivity index (χ1n) is 9.90. The molecule has 2 aromatic heterocycles. The summed E-state index contributed by atoms with van der Waals surface area (Å²) < 4.78 is 12.1. The number of rotatable bonds is 8. The summed E-state index contributed by atoms with van der Waals surface area (Å²) in [7, 11) is 1.59. The minimum atomic E-state index is -0.621. The molecule has 0 aliphatic heterocycles. The highest BCUT2D eigenvalue weighted by Crippen LogP contribution is 2.26. The molecule has 0 aliphatic carbocycles. The van der Waals surface area contributed by atoms with Gasteiger partial charge in [-0.3, -0.25) is 4.79 Å². The molecule has 1 N–H and O–H groups in total. The number of hydrogen-bond acceptors (Lipinski definition) is 6. The van der Waals surface area contributed by atoms with Gasteiger partial charge in [0, 0.05) is 16.6 Å². The lowest BCUT2D eigenvalue weighted by atomic mass is 10.1. The fraction of sp³-hybridized carbons (Fsp3) is 0.125. The number of nitrogens with one attached hydrogen (secondary N) is 1. The van der Waals surface area contributed by atoms with E-state index in [0.29, 0.717) is 18.0 Å². The lowest BCUT2D eigenvalue weighted by Crippen LogP contribution is -2.28. The third kappa shape index (κ3) is 5.04. The summed E-state index contributed by atoms with van der Waals surface area (Å²) in [5.74, 6) is -0.291. The summed E-state index contributed by atoms with van der Waals surface area (Å²) >= 11 is 1.55. The van der Waals surface area contributed by atoms with Crippen LogP contribution in [0.2, 0.25) is 0 Å². The summed E-state index contributed by atoms with van der Waals surface area (Å²) in [6, 6.07) is 20.5. The van der Waals surface area contributed by atoms with Gasteiger partial charge in [-0.15, -0.1) is 11.3 Å². The Hall–Kier alpha value is -3.91. The first-order valence-corrected chi connectivity index (χ1v) is 10.8. The van der Waals surface area contributed by atoms with E-state index >= 15 is 0 Å². The molecule has 7 nitrogen and oxygen atoms in total. The van der Waals surface area contributed by atoms with Crippen LogP contribution in [-0.2, 0) is 16.1 Å². The minimum Gasteiger partial charge on any atom is -0.497 e. The van der Waals surface area contributed by atoms with Crippen molar-refractivity contribution in [3.63, 3.8) is 0 Å². The highest BCUT2D eigenvalue weighted by atomic mass is 32.1. The zero-order chi connectivity index (χ0) is 22.3. The van der Waals surface area contributed by atoms with Crippen molar-refractivity contribution in [3.05, 3.63) is 88.7 Å². The van der Waals surface area contributed by atoms with Gasteiger partial charge in [0.15, 0.2) is 6.61 Å². The van der Waals surface area contributed by atoms with E-state index < -0.39 is 5.97 Å². The maximum atomic E-state index is 12.9. The lowest BCUT2D eigenvalue weighted by Gasteiger charge is -2.06. The number of esters is 1. The van der Waals surface area contributed by atoms with Gasteiger partial charge in [-0.1, -0.05) is 24.3 Å². The van der Waals surface area contributed by atoms with Gasteiger partial charge in [-0.2, -0.15) is 5.10 Å². The van der Waals surface area contributed by atoms with Crippen LogP contribution in [0.15, 0.2) is 78.3 Å². The van der Waals surface area contributed by atoms with E-state index in [1.54, 1.807) is 41.5 Å². The van der Waals surface area contributed by atoms with Crippen LogP contribution in [0.4, 0.5) is 0 Å². The van der Waals surface area contributed by atoms with Crippen LogP contribution in [0.3, 0.4) is 0 Å². The molecule has 0 atom stereocenters. The Balaban J connectivity index is 1.53. The fourth-order valence-corrected chi connectivity index (χ4v) is 3.70. The van der Waals surface area contributed by atoms with Crippen molar-refractivity contribution in [2.24, 2.45) is 0 Å². The average molecular weight is 448 g/mol. The van der Waals surface area contributed by atoms with E-state index in [2.05, 4.69) is 10.4 Å². The standard InChI is InChI=1S/C24H21N3O4S/c1-30-19-11-9-17(10-12-19)23-21(15-27(26-23)18-6-3-2-4-7-18)24(29)31-16-22(28)25-14-20-8-5-13-32-20/h2-13,15H,14,16H2,1H3,(H,25,28). The Bertz CT molecular complexity index is 1190. The second-order valence-corrected chi connectivity index (χ2v) is 7.86. The Kier molecular flexibility index (Phi) is 6.62. The minimum absolute atomic E-state index is 0.269. The Morgan fingerprint density at radius 3 is 2.50 bits per heavy atom. The quantitative estimate of drug-likeness (QED) is 0.412. The van der Waals surface area contributed by atoms with Crippen LogP contribution in [0.5, 0.6) is 5.75 Å². The molecular weight excluding hydrogens is 426 g/mol.